The molecule has 1 aliphatic rings. The second-order valence-electron chi connectivity index (χ2n) is 7.93. The van der Waals surface area contributed by atoms with E-state index >= 15 is 0 Å². The van der Waals surface area contributed by atoms with Gasteiger partial charge in [0.15, 0.2) is 5.76 Å². The number of hydrogen-bond acceptors (Lipinski definition) is 8. The summed E-state index contributed by atoms with van der Waals surface area (Å²) in [4.78, 5) is 17.4. The van der Waals surface area contributed by atoms with E-state index in [2.05, 4.69) is 25.0 Å². The molecule has 1 saturated heterocycles. The molecule has 0 amide bonds. The number of likely N-dealkylation sites (N-methyl/N-ethyl adjacent to an activating group) is 1. The number of benzene rings is 1. The van der Waals surface area contributed by atoms with E-state index in [0.29, 0.717) is 42.0 Å². The fourth-order valence-electron chi connectivity index (χ4n) is 4.12. The molecule has 3 aromatic heterocycles. The number of hydrogen-bond donors (Lipinski definition) is 1. The van der Waals surface area contributed by atoms with Crippen molar-refractivity contribution in [2.75, 3.05) is 30.8 Å². The summed E-state index contributed by atoms with van der Waals surface area (Å²) >= 11 is 0. The molecule has 166 valence electrons. The molecule has 2 N–H and O–H groups in total. The summed E-state index contributed by atoms with van der Waals surface area (Å²) in [5.41, 5.74) is 6.72. The van der Waals surface area contributed by atoms with Crippen LogP contribution in [0.5, 0.6) is 0 Å². The third kappa shape index (κ3) is 3.98. The van der Waals surface area contributed by atoms with Crippen LogP contribution < -0.4 is 10.6 Å². The maximum absolute atomic E-state index is 13.6. The molecule has 1 atom stereocenters. The smallest absolute Gasteiger partial charge is 0.259 e. The number of rotatable bonds is 6. The van der Waals surface area contributed by atoms with Gasteiger partial charge in [-0.05, 0) is 49.2 Å². The van der Waals surface area contributed by atoms with E-state index in [1.54, 1.807) is 18.4 Å². The first kappa shape index (κ1) is 20.3. The van der Waals surface area contributed by atoms with Crippen LogP contribution in [0.15, 0.2) is 41.0 Å². The second-order valence-corrected chi connectivity index (χ2v) is 7.93. The summed E-state index contributed by atoms with van der Waals surface area (Å²) < 4.78 is 33.9. The van der Waals surface area contributed by atoms with Gasteiger partial charge in [0.05, 0.1) is 6.26 Å². The van der Waals surface area contributed by atoms with Crippen LogP contribution in [0.25, 0.3) is 17.4 Å². The largest absolute Gasteiger partial charge is 0.461 e. The number of furan rings is 1. The summed E-state index contributed by atoms with van der Waals surface area (Å²) in [6, 6.07) is 7.33. The first-order valence-corrected chi connectivity index (χ1v) is 10.3. The third-order valence-electron chi connectivity index (χ3n) is 5.60. The van der Waals surface area contributed by atoms with Gasteiger partial charge >= 0.3 is 0 Å². The Morgan fingerprint density at radius 1 is 1.19 bits per heavy atom. The predicted octanol–water partition coefficient (Wildman–Crippen LogP) is 2.74. The molecule has 0 bridgehead atoms. The van der Waals surface area contributed by atoms with Crippen molar-refractivity contribution < 1.29 is 13.2 Å². The lowest BCUT2D eigenvalue weighted by Gasteiger charge is -2.28. The van der Waals surface area contributed by atoms with Crippen molar-refractivity contribution in [2.45, 2.75) is 25.4 Å². The number of nitrogens with zero attached hydrogens (tertiary/aromatic N) is 7. The molecule has 0 radical (unpaired) electrons. The predicted molar refractivity (Wildman–Crippen MR) is 114 cm³/mol. The lowest BCUT2D eigenvalue weighted by molar-refractivity contribution is 0.247. The average Bonchev–Trinajstić information content (AvgIpc) is 3.48. The van der Waals surface area contributed by atoms with Crippen LogP contribution in [0.2, 0.25) is 0 Å². The van der Waals surface area contributed by atoms with Gasteiger partial charge in [-0.15, -0.1) is 5.10 Å². The van der Waals surface area contributed by atoms with Gasteiger partial charge in [-0.2, -0.15) is 19.5 Å². The summed E-state index contributed by atoms with van der Waals surface area (Å²) in [5.74, 6) is 0.682. The Hall–Kier alpha value is -3.60. The highest BCUT2D eigenvalue weighted by atomic mass is 19.1. The maximum Gasteiger partial charge on any atom is 0.259 e. The van der Waals surface area contributed by atoms with Crippen molar-refractivity contribution in [1.29, 1.82) is 0 Å². The van der Waals surface area contributed by atoms with Crippen LogP contribution in [0.4, 0.5) is 20.7 Å². The van der Waals surface area contributed by atoms with Crippen LogP contribution in [0.1, 0.15) is 18.4 Å². The number of anilines is 2. The number of halogens is 2. The highest BCUT2D eigenvalue weighted by molar-refractivity contribution is 5.53. The van der Waals surface area contributed by atoms with Gasteiger partial charge in [0, 0.05) is 32.2 Å². The summed E-state index contributed by atoms with van der Waals surface area (Å²) in [6.45, 7) is 1.97. The SMILES string of the molecule is CN(CC1CCCN1Cc1cc(F)cc(F)c1)c1nc(N)n2nc(-c3ccco3)nc2n1. The van der Waals surface area contributed by atoms with Crippen LogP contribution in [0.3, 0.4) is 0 Å². The van der Waals surface area contributed by atoms with Gasteiger partial charge in [-0.3, -0.25) is 4.90 Å². The molecule has 1 unspecified atom stereocenters. The Morgan fingerprint density at radius 2 is 2.00 bits per heavy atom. The van der Waals surface area contributed by atoms with E-state index in [0.717, 1.165) is 25.5 Å². The molecule has 1 aromatic carbocycles. The Kier molecular flexibility index (Phi) is 5.17. The monoisotopic (exact) mass is 440 g/mol. The average molecular weight is 440 g/mol. The molecule has 11 heteroatoms. The summed E-state index contributed by atoms with van der Waals surface area (Å²) in [6.07, 6.45) is 3.52. The minimum absolute atomic E-state index is 0.167. The fraction of sp³-hybridized carbons (Fsp3) is 0.333. The second kappa shape index (κ2) is 8.15. The Bertz CT molecular complexity index is 1220. The van der Waals surface area contributed by atoms with Crippen molar-refractivity contribution in [3.8, 4) is 11.6 Å². The highest BCUT2D eigenvalue weighted by Crippen LogP contribution is 2.23. The molecule has 0 spiro atoms. The van der Waals surface area contributed by atoms with Gasteiger partial charge in [0.2, 0.25) is 17.7 Å². The molecule has 1 fully saturated rings. The third-order valence-corrected chi connectivity index (χ3v) is 5.60. The molecule has 0 saturated carbocycles. The number of fused-ring (bicyclic) bond motifs is 1. The molecular formula is C21H22F2N8O. The van der Waals surface area contributed by atoms with E-state index in [-0.39, 0.29) is 12.0 Å². The van der Waals surface area contributed by atoms with Gasteiger partial charge in [0.25, 0.3) is 5.78 Å². The van der Waals surface area contributed by atoms with Gasteiger partial charge in [-0.25, -0.2) is 8.78 Å². The van der Waals surface area contributed by atoms with Crippen molar-refractivity contribution in [3.63, 3.8) is 0 Å². The minimum Gasteiger partial charge on any atom is -0.461 e. The van der Waals surface area contributed by atoms with Crippen molar-refractivity contribution in [2.24, 2.45) is 0 Å². The van der Waals surface area contributed by atoms with E-state index in [9.17, 15) is 8.78 Å². The zero-order valence-electron chi connectivity index (χ0n) is 17.4. The molecule has 5 rings (SSSR count). The van der Waals surface area contributed by atoms with Crippen LogP contribution in [-0.4, -0.2) is 55.6 Å². The Balaban J connectivity index is 1.33. The summed E-state index contributed by atoms with van der Waals surface area (Å²) in [7, 11) is 1.88. The molecule has 32 heavy (non-hydrogen) atoms. The van der Waals surface area contributed by atoms with Crippen LogP contribution >= 0.6 is 0 Å². The molecule has 9 nitrogen and oxygen atoms in total. The molecule has 1 aliphatic heterocycles. The Morgan fingerprint density at radius 3 is 2.75 bits per heavy atom. The fourth-order valence-corrected chi connectivity index (χ4v) is 4.12. The van der Waals surface area contributed by atoms with Crippen LogP contribution in [0, 0.1) is 11.6 Å². The number of likely N-dealkylation sites (tertiary alicyclic amines) is 1. The standard InChI is InChI=1S/C21H22F2N8O/c1-29(12-16-4-2-6-30(16)11-13-8-14(22)10-15(23)9-13)20-26-19(24)31-21(27-20)25-18(28-31)17-5-3-7-32-17/h3,5,7-10,16H,2,4,6,11-12H2,1H3,(H2,24,25,26,27,28). The van der Waals surface area contributed by atoms with Crippen molar-refractivity contribution >= 4 is 17.7 Å². The van der Waals surface area contributed by atoms with Gasteiger partial charge in [-0.1, -0.05) is 0 Å². The van der Waals surface area contributed by atoms with Crippen molar-refractivity contribution in [3.05, 3.63) is 53.8 Å². The quantitative estimate of drug-likeness (QED) is 0.488. The number of nitrogens with two attached hydrogens (primary N) is 1. The lowest BCUT2D eigenvalue weighted by Crippen LogP contribution is -2.39. The molecular weight excluding hydrogens is 418 g/mol. The zero-order valence-corrected chi connectivity index (χ0v) is 17.4. The Labute approximate surface area is 182 Å². The molecule has 4 aromatic rings. The number of aromatic nitrogens is 5. The van der Waals surface area contributed by atoms with E-state index in [1.807, 2.05) is 11.9 Å². The lowest BCUT2D eigenvalue weighted by atomic mass is 10.1. The van der Waals surface area contributed by atoms with Gasteiger partial charge in [0.1, 0.15) is 11.6 Å². The first-order valence-electron chi connectivity index (χ1n) is 10.3. The van der Waals surface area contributed by atoms with E-state index < -0.39 is 11.6 Å². The van der Waals surface area contributed by atoms with Gasteiger partial charge < -0.3 is 15.1 Å². The maximum atomic E-state index is 13.6. The van der Waals surface area contributed by atoms with Crippen LogP contribution in [-0.2, 0) is 6.54 Å². The van der Waals surface area contributed by atoms with E-state index in [1.165, 1.54) is 16.6 Å². The zero-order chi connectivity index (χ0) is 22.2. The molecule has 4 heterocycles. The number of nitrogen functional groups attached to an aromatic ring is 1. The minimum atomic E-state index is -0.563. The highest BCUT2D eigenvalue weighted by Gasteiger charge is 2.27. The summed E-state index contributed by atoms with van der Waals surface area (Å²) in [5, 5.41) is 4.31. The van der Waals surface area contributed by atoms with Crippen molar-refractivity contribution in [1.82, 2.24) is 29.5 Å². The topological polar surface area (TPSA) is 102 Å². The van der Waals surface area contributed by atoms with E-state index in [4.69, 9.17) is 10.2 Å². The molecule has 0 aliphatic carbocycles. The normalized spacial score (nSPS) is 16.8. The first-order chi connectivity index (χ1) is 15.5.